The van der Waals surface area contributed by atoms with Crippen LogP contribution < -0.4 is 26.8 Å². The van der Waals surface area contributed by atoms with Gasteiger partial charge < -0.3 is 31.2 Å². The molecule has 3 aliphatic heterocycles. The van der Waals surface area contributed by atoms with Crippen LogP contribution in [0, 0.1) is 5.92 Å². The Morgan fingerprint density at radius 2 is 2.21 bits per heavy atom. The van der Waals surface area contributed by atoms with Crippen LogP contribution in [-0.2, 0) is 11.3 Å². The Morgan fingerprint density at radius 3 is 3.00 bits per heavy atom. The van der Waals surface area contributed by atoms with Gasteiger partial charge in [0.25, 0.3) is 0 Å². The summed E-state index contributed by atoms with van der Waals surface area (Å²) in [6.45, 7) is 3.49. The standard InChI is InChI=1S/C19H31N5O4/c1-19(26)14(9-27-12-4-2-3-11(7-12)8-20)28-18(15(19)25)24-6-5-13-16(21)22-10-23-17(13)24/h2-4,7,13-18,22-23,25-26H,5-6,8-10,20-21H2,1H3/t13?,14-,15+,16?,17?,18-,19-/m1/s1. The lowest BCUT2D eigenvalue weighted by atomic mass is 9.94. The van der Waals surface area contributed by atoms with Crippen molar-refractivity contribution in [2.24, 2.45) is 17.4 Å². The third kappa shape index (κ3) is 3.53. The van der Waals surface area contributed by atoms with Gasteiger partial charge in [-0.25, -0.2) is 0 Å². The zero-order valence-electron chi connectivity index (χ0n) is 16.1. The van der Waals surface area contributed by atoms with E-state index in [4.69, 9.17) is 20.9 Å². The molecule has 156 valence electrons. The molecule has 3 aliphatic rings. The molecule has 7 atom stereocenters. The quantitative estimate of drug-likeness (QED) is 0.351. The number of rotatable bonds is 5. The largest absolute Gasteiger partial charge is 0.491 e. The number of fused-ring (bicyclic) bond motifs is 1. The maximum absolute atomic E-state index is 10.9. The molecule has 8 N–H and O–H groups in total. The zero-order chi connectivity index (χ0) is 19.9. The molecular formula is C19H31N5O4. The van der Waals surface area contributed by atoms with Gasteiger partial charge in [-0.15, -0.1) is 0 Å². The molecule has 0 amide bonds. The van der Waals surface area contributed by atoms with E-state index >= 15 is 0 Å². The van der Waals surface area contributed by atoms with E-state index in [1.54, 1.807) is 6.92 Å². The van der Waals surface area contributed by atoms with Crippen LogP contribution in [0.5, 0.6) is 5.75 Å². The molecule has 0 aromatic heterocycles. The van der Waals surface area contributed by atoms with Gasteiger partial charge in [0.05, 0.1) is 12.3 Å². The van der Waals surface area contributed by atoms with Crippen molar-refractivity contribution in [1.82, 2.24) is 15.5 Å². The SMILES string of the molecule is C[C@@]1(O)[C@@H](COc2cccc(CN)c2)O[C@@H](N2CCC3C(N)NCNC32)[C@@H]1O. The second kappa shape index (κ2) is 7.85. The first-order chi connectivity index (χ1) is 13.4. The van der Waals surface area contributed by atoms with E-state index in [9.17, 15) is 10.2 Å². The Balaban J connectivity index is 1.44. The molecule has 9 nitrogen and oxygen atoms in total. The van der Waals surface area contributed by atoms with Crippen LogP contribution in [0.4, 0.5) is 0 Å². The van der Waals surface area contributed by atoms with Crippen LogP contribution in [0.2, 0.25) is 0 Å². The monoisotopic (exact) mass is 393 g/mol. The predicted octanol–water partition coefficient (Wildman–Crippen LogP) is -1.56. The first kappa shape index (κ1) is 20.0. The summed E-state index contributed by atoms with van der Waals surface area (Å²) in [4.78, 5) is 2.07. The molecule has 3 unspecified atom stereocenters. The van der Waals surface area contributed by atoms with Gasteiger partial charge in [-0.2, -0.15) is 0 Å². The number of nitrogens with two attached hydrogens (primary N) is 2. The summed E-state index contributed by atoms with van der Waals surface area (Å²) >= 11 is 0. The van der Waals surface area contributed by atoms with E-state index < -0.39 is 24.0 Å². The normalized spacial score (nSPS) is 41.2. The number of likely N-dealkylation sites (tertiary alicyclic amines) is 1. The van der Waals surface area contributed by atoms with Crippen molar-refractivity contribution in [3.8, 4) is 5.75 Å². The molecule has 0 spiro atoms. The highest BCUT2D eigenvalue weighted by Crippen LogP contribution is 2.38. The molecule has 3 heterocycles. The first-order valence-electron chi connectivity index (χ1n) is 9.87. The summed E-state index contributed by atoms with van der Waals surface area (Å²) in [7, 11) is 0. The third-order valence-corrected chi connectivity index (χ3v) is 6.28. The lowest BCUT2D eigenvalue weighted by Crippen LogP contribution is -2.64. The smallest absolute Gasteiger partial charge is 0.141 e. The van der Waals surface area contributed by atoms with Gasteiger partial charge in [0, 0.05) is 25.7 Å². The van der Waals surface area contributed by atoms with Gasteiger partial charge in [0.2, 0.25) is 0 Å². The maximum atomic E-state index is 10.9. The van der Waals surface area contributed by atoms with Crippen LogP contribution in [0.25, 0.3) is 0 Å². The van der Waals surface area contributed by atoms with E-state index in [1.165, 1.54) is 0 Å². The molecule has 3 saturated heterocycles. The van der Waals surface area contributed by atoms with Crippen molar-refractivity contribution in [1.29, 1.82) is 0 Å². The first-order valence-corrected chi connectivity index (χ1v) is 9.87. The number of hydrogen-bond acceptors (Lipinski definition) is 9. The number of ether oxygens (including phenoxy) is 2. The highest BCUT2D eigenvalue weighted by Gasteiger charge is 2.57. The van der Waals surface area contributed by atoms with E-state index in [1.807, 2.05) is 24.3 Å². The summed E-state index contributed by atoms with van der Waals surface area (Å²) in [6, 6.07) is 7.50. The Morgan fingerprint density at radius 1 is 1.39 bits per heavy atom. The van der Waals surface area contributed by atoms with Gasteiger partial charge in [0.1, 0.15) is 36.4 Å². The third-order valence-electron chi connectivity index (χ3n) is 6.28. The lowest BCUT2D eigenvalue weighted by Gasteiger charge is -2.39. The molecule has 0 bridgehead atoms. The fraction of sp³-hybridized carbons (Fsp3) is 0.684. The number of nitrogens with one attached hydrogen (secondary N) is 2. The van der Waals surface area contributed by atoms with E-state index in [0.717, 1.165) is 18.5 Å². The van der Waals surface area contributed by atoms with Crippen molar-refractivity contribution >= 4 is 0 Å². The molecule has 9 heteroatoms. The van der Waals surface area contributed by atoms with Crippen molar-refractivity contribution in [3.63, 3.8) is 0 Å². The van der Waals surface area contributed by atoms with Crippen molar-refractivity contribution in [2.75, 3.05) is 19.8 Å². The van der Waals surface area contributed by atoms with Crippen LogP contribution >= 0.6 is 0 Å². The molecular weight excluding hydrogens is 362 g/mol. The minimum Gasteiger partial charge on any atom is -0.491 e. The molecule has 28 heavy (non-hydrogen) atoms. The predicted molar refractivity (Wildman–Crippen MR) is 103 cm³/mol. The topological polar surface area (TPSA) is 138 Å². The Labute approximate surface area is 165 Å². The van der Waals surface area contributed by atoms with Crippen LogP contribution in [0.3, 0.4) is 0 Å². The van der Waals surface area contributed by atoms with E-state index in [0.29, 0.717) is 19.0 Å². The van der Waals surface area contributed by atoms with Crippen LogP contribution in [-0.4, -0.2) is 71.3 Å². The maximum Gasteiger partial charge on any atom is 0.141 e. The Kier molecular flexibility index (Phi) is 5.60. The minimum absolute atomic E-state index is 0.00704. The fourth-order valence-electron chi connectivity index (χ4n) is 4.47. The van der Waals surface area contributed by atoms with Gasteiger partial charge >= 0.3 is 0 Å². The summed E-state index contributed by atoms with van der Waals surface area (Å²) in [5, 5.41) is 28.3. The van der Waals surface area contributed by atoms with Gasteiger partial charge in [-0.3, -0.25) is 15.5 Å². The Bertz CT molecular complexity index is 690. The molecule has 0 saturated carbocycles. The number of nitrogens with zero attached hydrogens (tertiary/aromatic N) is 1. The molecule has 0 radical (unpaired) electrons. The fourth-order valence-corrected chi connectivity index (χ4v) is 4.47. The molecule has 0 aliphatic carbocycles. The number of hydrogen-bond donors (Lipinski definition) is 6. The van der Waals surface area contributed by atoms with Gasteiger partial charge in [-0.05, 0) is 31.0 Å². The zero-order valence-corrected chi connectivity index (χ0v) is 16.1. The summed E-state index contributed by atoms with van der Waals surface area (Å²) in [5.74, 6) is 0.885. The lowest BCUT2D eigenvalue weighted by molar-refractivity contribution is -0.111. The van der Waals surface area contributed by atoms with Crippen molar-refractivity contribution in [2.45, 2.75) is 56.3 Å². The molecule has 1 aromatic carbocycles. The van der Waals surface area contributed by atoms with Crippen molar-refractivity contribution < 1.29 is 19.7 Å². The highest BCUT2D eigenvalue weighted by atomic mass is 16.6. The van der Waals surface area contributed by atoms with Crippen LogP contribution in [0.15, 0.2) is 24.3 Å². The average Bonchev–Trinajstić information content (AvgIpc) is 3.21. The molecule has 4 rings (SSSR count). The Hall–Kier alpha value is -1.30. The van der Waals surface area contributed by atoms with Gasteiger partial charge in [0.15, 0.2) is 0 Å². The number of benzene rings is 1. The molecule has 1 aromatic rings. The minimum atomic E-state index is -1.43. The average molecular weight is 393 g/mol. The number of aliphatic hydroxyl groups excluding tert-OH is 1. The summed E-state index contributed by atoms with van der Waals surface area (Å²) in [6.07, 6.45) is -1.52. The molecule has 3 fully saturated rings. The number of aliphatic hydroxyl groups is 2. The summed E-state index contributed by atoms with van der Waals surface area (Å²) < 4.78 is 11.9. The van der Waals surface area contributed by atoms with E-state index in [-0.39, 0.29) is 24.9 Å². The second-order valence-electron chi connectivity index (χ2n) is 8.09. The van der Waals surface area contributed by atoms with Gasteiger partial charge in [-0.1, -0.05) is 12.1 Å². The summed E-state index contributed by atoms with van der Waals surface area (Å²) in [5.41, 5.74) is 11.4. The van der Waals surface area contributed by atoms with Crippen molar-refractivity contribution in [3.05, 3.63) is 29.8 Å². The van der Waals surface area contributed by atoms with E-state index in [2.05, 4.69) is 15.5 Å². The second-order valence-corrected chi connectivity index (χ2v) is 8.09. The highest BCUT2D eigenvalue weighted by molar-refractivity contribution is 5.28. The van der Waals surface area contributed by atoms with Crippen LogP contribution in [0.1, 0.15) is 18.9 Å².